The topological polar surface area (TPSA) is 44.4 Å². The van der Waals surface area contributed by atoms with Crippen molar-refractivity contribution in [1.29, 1.82) is 0 Å². The Kier molecular flexibility index (Phi) is 7.01. The van der Waals surface area contributed by atoms with Crippen LogP contribution in [-0.2, 0) is 0 Å². The molecule has 0 aromatic rings. The van der Waals surface area contributed by atoms with E-state index in [1.807, 2.05) is 0 Å². The zero-order valence-corrected chi connectivity index (χ0v) is 11.3. The molecule has 0 radical (unpaired) electrons. The molecule has 2 N–H and O–H groups in total. The van der Waals surface area contributed by atoms with Crippen molar-refractivity contribution < 1.29 is 4.79 Å². The number of nitrogens with zero attached hydrogens (tertiary/aromatic N) is 1. The number of amides is 2. The van der Waals surface area contributed by atoms with Gasteiger partial charge in [0.2, 0.25) is 0 Å². The van der Waals surface area contributed by atoms with Crippen molar-refractivity contribution in [3.8, 4) is 0 Å². The zero-order valence-electron chi connectivity index (χ0n) is 11.3. The summed E-state index contributed by atoms with van der Waals surface area (Å²) in [5.41, 5.74) is 0. The Labute approximate surface area is 105 Å². The van der Waals surface area contributed by atoms with E-state index in [9.17, 15) is 4.79 Å². The fraction of sp³-hybridized carbons (Fsp3) is 0.923. The molecule has 1 unspecified atom stereocenters. The molecule has 4 nitrogen and oxygen atoms in total. The van der Waals surface area contributed by atoms with Crippen LogP contribution in [0.3, 0.4) is 0 Å². The summed E-state index contributed by atoms with van der Waals surface area (Å²) in [6.07, 6.45) is 6.12. The number of carbonyl (C=O) groups excluding carboxylic acids is 1. The summed E-state index contributed by atoms with van der Waals surface area (Å²) in [7, 11) is 0. The number of nitrogens with one attached hydrogen (secondary N) is 2. The second-order valence-corrected chi connectivity index (χ2v) is 4.94. The highest BCUT2D eigenvalue weighted by atomic mass is 16.2. The lowest BCUT2D eigenvalue weighted by Gasteiger charge is -2.32. The summed E-state index contributed by atoms with van der Waals surface area (Å²) in [5, 5.41) is 5.82. The van der Waals surface area contributed by atoms with Crippen LogP contribution in [0.25, 0.3) is 0 Å². The molecular formula is C13H27N3O. The zero-order chi connectivity index (χ0) is 12.5. The number of likely N-dealkylation sites (tertiary alicyclic amines) is 1. The molecule has 0 spiro atoms. The lowest BCUT2D eigenvalue weighted by molar-refractivity contribution is 0.170. The van der Waals surface area contributed by atoms with Gasteiger partial charge in [-0.3, -0.25) is 4.90 Å². The minimum atomic E-state index is -0.0256. The molecule has 1 atom stereocenters. The van der Waals surface area contributed by atoms with Gasteiger partial charge in [0.1, 0.15) is 0 Å². The molecule has 1 rings (SSSR count). The normalized spacial score (nSPS) is 18.7. The summed E-state index contributed by atoms with van der Waals surface area (Å²) in [5.74, 6) is 0. The van der Waals surface area contributed by atoms with E-state index in [4.69, 9.17) is 0 Å². The first-order valence-electron chi connectivity index (χ1n) is 6.99. The molecule has 0 saturated carbocycles. The van der Waals surface area contributed by atoms with Crippen LogP contribution in [0.15, 0.2) is 0 Å². The molecule has 2 amide bonds. The van der Waals surface area contributed by atoms with Gasteiger partial charge in [-0.1, -0.05) is 19.8 Å². The molecule has 1 heterocycles. The number of hydrogen-bond acceptors (Lipinski definition) is 2. The Morgan fingerprint density at radius 1 is 1.24 bits per heavy atom. The Balaban J connectivity index is 2.09. The van der Waals surface area contributed by atoms with E-state index in [0.717, 1.165) is 25.9 Å². The maximum absolute atomic E-state index is 11.5. The van der Waals surface area contributed by atoms with Crippen molar-refractivity contribution in [3.63, 3.8) is 0 Å². The summed E-state index contributed by atoms with van der Waals surface area (Å²) < 4.78 is 0. The van der Waals surface area contributed by atoms with Gasteiger partial charge < -0.3 is 10.6 Å². The van der Waals surface area contributed by atoms with Crippen LogP contribution in [0, 0.1) is 0 Å². The largest absolute Gasteiger partial charge is 0.338 e. The second kappa shape index (κ2) is 8.34. The standard InChI is InChI=1S/C13H27N3O/c1-3-4-8-14-13(17)15-11-12(2)16-9-6-5-7-10-16/h12H,3-11H2,1-2H3,(H2,14,15,17). The minimum absolute atomic E-state index is 0.0256. The molecule has 1 aliphatic rings. The van der Waals surface area contributed by atoms with E-state index in [2.05, 4.69) is 29.4 Å². The van der Waals surface area contributed by atoms with Crippen LogP contribution in [0.5, 0.6) is 0 Å². The van der Waals surface area contributed by atoms with Gasteiger partial charge in [-0.2, -0.15) is 0 Å². The van der Waals surface area contributed by atoms with Gasteiger partial charge in [-0.05, 0) is 39.3 Å². The summed E-state index contributed by atoms with van der Waals surface area (Å²) >= 11 is 0. The Hall–Kier alpha value is -0.770. The van der Waals surface area contributed by atoms with Crippen molar-refractivity contribution >= 4 is 6.03 Å². The number of unbranched alkanes of at least 4 members (excludes halogenated alkanes) is 1. The summed E-state index contributed by atoms with van der Waals surface area (Å²) in [6, 6.07) is 0.425. The van der Waals surface area contributed by atoms with Crippen molar-refractivity contribution in [2.75, 3.05) is 26.2 Å². The molecule has 17 heavy (non-hydrogen) atoms. The van der Waals surface area contributed by atoms with E-state index >= 15 is 0 Å². The van der Waals surface area contributed by atoms with Crippen molar-refractivity contribution in [2.45, 2.75) is 52.0 Å². The average Bonchev–Trinajstić information content (AvgIpc) is 2.37. The number of rotatable bonds is 6. The number of urea groups is 1. The van der Waals surface area contributed by atoms with E-state index < -0.39 is 0 Å². The number of carbonyl (C=O) groups is 1. The van der Waals surface area contributed by atoms with Crippen molar-refractivity contribution in [2.24, 2.45) is 0 Å². The van der Waals surface area contributed by atoms with Gasteiger partial charge in [0.15, 0.2) is 0 Å². The van der Waals surface area contributed by atoms with Crippen LogP contribution in [0.4, 0.5) is 4.79 Å². The van der Waals surface area contributed by atoms with E-state index in [0.29, 0.717) is 6.04 Å². The van der Waals surface area contributed by atoms with Crippen molar-refractivity contribution in [3.05, 3.63) is 0 Å². The molecule has 0 bridgehead atoms. The van der Waals surface area contributed by atoms with Crippen LogP contribution < -0.4 is 10.6 Å². The van der Waals surface area contributed by atoms with E-state index in [1.165, 1.54) is 32.4 Å². The van der Waals surface area contributed by atoms with Crippen LogP contribution in [0.1, 0.15) is 46.0 Å². The monoisotopic (exact) mass is 241 g/mol. The molecule has 0 aliphatic carbocycles. The van der Waals surface area contributed by atoms with Gasteiger partial charge >= 0.3 is 6.03 Å². The third kappa shape index (κ3) is 5.91. The maximum atomic E-state index is 11.5. The van der Waals surface area contributed by atoms with Gasteiger partial charge in [0.05, 0.1) is 0 Å². The fourth-order valence-electron chi connectivity index (χ4n) is 2.17. The quantitative estimate of drug-likeness (QED) is 0.698. The van der Waals surface area contributed by atoms with Gasteiger partial charge in [-0.15, -0.1) is 0 Å². The van der Waals surface area contributed by atoms with Crippen LogP contribution in [0.2, 0.25) is 0 Å². The summed E-state index contributed by atoms with van der Waals surface area (Å²) in [4.78, 5) is 13.9. The first-order chi connectivity index (χ1) is 8.24. The van der Waals surface area contributed by atoms with Gasteiger partial charge in [0, 0.05) is 19.1 Å². The number of piperidine rings is 1. The SMILES string of the molecule is CCCCNC(=O)NCC(C)N1CCCCC1. The minimum Gasteiger partial charge on any atom is -0.338 e. The predicted octanol–water partition coefficient (Wildman–Crippen LogP) is 1.96. The Bertz CT molecular complexity index is 215. The molecule has 1 saturated heterocycles. The Morgan fingerprint density at radius 3 is 2.59 bits per heavy atom. The third-order valence-electron chi connectivity index (χ3n) is 3.39. The molecule has 0 aromatic carbocycles. The second-order valence-electron chi connectivity index (χ2n) is 4.94. The number of hydrogen-bond donors (Lipinski definition) is 2. The molecule has 4 heteroatoms. The molecule has 0 aromatic heterocycles. The smallest absolute Gasteiger partial charge is 0.314 e. The Morgan fingerprint density at radius 2 is 1.94 bits per heavy atom. The average molecular weight is 241 g/mol. The van der Waals surface area contributed by atoms with Crippen LogP contribution in [-0.4, -0.2) is 43.2 Å². The molecule has 1 aliphatic heterocycles. The van der Waals surface area contributed by atoms with Crippen LogP contribution >= 0.6 is 0 Å². The fourth-order valence-corrected chi connectivity index (χ4v) is 2.17. The lowest BCUT2D eigenvalue weighted by atomic mass is 10.1. The summed E-state index contributed by atoms with van der Waals surface area (Å²) in [6.45, 7) is 8.20. The molecular weight excluding hydrogens is 214 g/mol. The highest BCUT2D eigenvalue weighted by molar-refractivity contribution is 5.73. The van der Waals surface area contributed by atoms with Gasteiger partial charge in [0.25, 0.3) is 0 Å². The highest BCUT2D eigenvalue weighted by Crippen LogP contribution is 2.11. The van der Waals surface area contributed by atoms with E-state index in [-0.39, 0.29) is 6.03 Å². The maximum Gasteiger partial charge on any atom is 0.314 e. The van der Waals surface area contributed by atoms with E-state index in [1.54, 1.807) is 0 Å². The van der Waals surface area contributed by atoms with Crippen molar-refractivity contribution in [1.82, 2.24) is 15.5 Å². The lowest BCUT2D eigenvalue weighted by Crippen LogP contribution is -2.46. The molecule has 1 fully saturated rings. The van der Waals surface area contributed by atoms with Gasteiger partial charge in [-0.25, -0.2) is 4.79 Å². The first kappa shape index (κ1) is 14.3. The third-order valence-corrected chi connectivity index (χ3v) is 3.39. The predicted molar refractivity (Wildman–Crippen MR) is 71.2 cm³/mol. The molecule has 100 valence electrons. The first-order valence-corrected chi connectivity index (χ1v) is 6.99. The highest BCUT2D eigenvalue weighted by Gasteiger charge is 2.16.